The Morgan fingerprint density at radius 2 is 2.05 bits per heavy atom. The number of aromatic nitrogens is 2. The first-order valence-electron chi connectivity index (χ1n) is 7.22. The lowest BCUT2D eigenvalue weighted by atomic mass is 10.2. The largest absolute Gasteiger partial charge is 0.316 e. The SMILES string of the molecule is CCn1nc(C)c(Br)c1CC(CSc1ccccc1)NC. The molecule has 0 fully saturated rings. The third-order valence-corrected chi connectivity index (χ3v) is 5.70. The van der Waals surface area contributed by atoms with Gasteiger partial charge < -0.3 is 5.32 Å². The highest BCUT2D eigenvalue weighted by Gasteiger charge is 2.16. The Morgan fingerprint density at radius 3 is 2.67 bits per heavy atom. The van der Waals surface area contributed by atoms with Crippen LogP contribution in [0.15, 0.2) is 39.7 Å². The fourth-order valence-corrected chi connectivity index (χ4v) is 3.73. The second kappa shape index (κ2) is 8.01. The number of hydrogen-bond acceptors (Lipinski definition) is 3. The van der Waals surface area contributed by atoms with Crippen molar-refractivity contribution in [2.24, 2.45) is 0 Å². The highest BCUT2D eigenvalue weighted by atomic mass is 79.9. The minimum absolute atomic E-state index is 0.424. The summed E-state index contributed by atoms with van der Waals surface area (Å²) in [6, 6.07) is 11.0. The molecule has 0 aliphatic heterocycles. The average molecular weight is 368 g/mol. The van der Waals surface area contributed by atoms with Gasteiger partial charge in [0.25, 0.3) is 0 Å². The van der Waals surface area contributed by atoms with E-state index in [1.54, 1.807) is 0 Å². The number of thioether (sulfide) groups is 1. The van der Waals surface area contributed by atoms with Crippen LogP contribution in [0.2, 0.25) is 0 Å². The summed E-state index contributed by atoms with van der Waals surface area (Å²) in [6.07, 6.45) is 0.978. The lowest BCUT2D eigenvalue weighted by Crippen LogP contribution is -2.31. The number of rotatable bonds is 7. The van der Waals surface area contributed by atoms with Crippen molar-refractivity contribution in [2.75, 3.05) is 12.8 Å². The van der Waals surface area contributed by atoms with Gasteiger partial charge in [-0.3, -0.25) is 4.68 Å². The van der Waals surface area contributed by atoms with Crippen LogP contribution in [0.3, 0.4) is 0 Å². The Kier molecular flexibility index (Phi) is 6.33. The average Bonchev–Trinajstić information content (AvgIpc) is 2.79. The molecule has 21 heavy (non-hydrogen) atoms. The van der Waals surface area contributed by atoms with Crippen molar-refractivity contribution in [2.45, 2.75) is 37.8 Å². The summed E-state index contributed by atoms with van der Waals surface area (Å²) in [5.41, 5.74) is 2.35. The van der Waals surface area contributed by atoms with Crippen molar-refractivity contribution >= 4 is 27.7 Å². The minimum atomic E-state index is 0.424. The lowest BCUT2D eigenvalue weighted by molar-refractivity contribution is 0.555. The number of aryl methyl sites for hydroxylation is 2. The molecule has 2 aromatic rings. The van der Waals surface area contributed by atoms with Gasteiger partial charge in [-0.25, -0.2) is 0 Å². The summed E-state index contributed by atoms with van der Waals surface area (Å²) < 4.78 is 3.24. The molecule has 114 valence electrons. The molecule has 5 heteroatoms. The van der Waals surface area contributed by atoms with E-state index in [4.69, 9.17) is 0 Å². The van der Waals surface area contributed by atoms with Crippen LogP contribution >= 0.6 is 27.7 Å². The summed E-state index contributed by atoms with van der Waals surface area (Å²) in [7, 11) is 2.03. The van der Waals surface area contributed by atoms with Crippen molar-refractivity contribution in [3.63, 3.8) is 0 Å². The molecule has 0 saturated heterocycles. The van der Waals surface area contributed by atoms with Gasteiger partial charge in [-0.2, -0.15) is 5.10 Å². The number of benzene rings is 1. The fourth-order valence-electron chi connectivity index (χ4n) is 2.26. The Bertz CT molecular complexity index is 568. The highest BCUT2D eigenvalue weighted by molar-refractivity contribution is 9.10. The fraction of sp³-hybridized carbons (Fsp3) is 0.438. The maximum atomic E-state index is 4.57. The first-order chi connectivity index (χ1) is 10.2. The van der Waals surface area contributed by atoms with E-state index in [0.717, 1.165) is 28.9 Å². The summed E-state index contributed by atoms with van der Waals surface area (Å²) >= 11 is 5.57. The zero-order chi connectivity index (χ0) is 15.2. The van der Waals surface area contributed by atoms with E-state index >= 15 is 0 Å². The monoisotopic (exact) mass is 367 g/mol. The van der Waals surface area contributed by atoms with Gasteiger partial charge in [0.2, 0.25) is 0 Å². The van der Waals surface area contributed by atoms with E-state index in [1.807, 2.05) is 25.7 Å². The van der Waals surface area contributed by atoms with Crippen molar-refractivity contribution in [3.8, 4) is 0 Å². The molecule has 1 aromatic carbocycles. The molecular formula is C16H22BrN3S. The third kappa shape index (κ3) is 4.34. The van der Waals surface area contributed by atoms with E-state index in [0.29, 0.717) is 6.04 Å². The molecule has 2 rings (SSSR count). The Labute approximate surface area is 139 Å². The van der Waals surface area contributed by atoms with Crippen LogP contribution in [-0.4, -0.2) is 28.6 Å². The molecular weight excluding hydrogens is 346 g/mol. The lowest BCUT2D eigenvalue weighted by Gasteiger charge is -2.17. The Hall–Kier alpha value is -0.780. The smallest absolute Gasteiger partial charge is 0.0738 e. The first kappa shape index (κ1) is 16.6. The van der Waals surface area contributed by atoms with Gasteiger partial charge in [0.05, 0.1) is 15.9 Å². The van der Waals surface area contributed by atoms with Gasteiger partial charge in [0.1, 0.15) is 0 Å². The van der Waals surface area contributed by atoms with E-state index in [-0.39, 0.29) is 0 Å². The quantitative estimate of drug-likeness (QED) is 0.752. The maximum Gasteiger partial charge on any atom is 0.0738 e. The highest BCUT2D eigenvalue weighted by Crippen LogP contribution is 2.24. The first-order valence-corrected chi connectivity index (χ1v) is 9.00. The minimum Gasteiger partial charge on any atom is -0.316 e. The van der Waals surface area contributed by atoms with Crippen molar-refractivity contribution < 1.29 is 0 Å². The molecule has 0 aliphatic carbocycles. The van der Waals surface area contributed by atoms with E-state index in [2.05, 4.69) is 68.3 Å². The summed E-state index contributed by atoms with van der Waals surface area (Å²) in [5, 5.41) is 8.00. The van der Waals surface area contributed by atoms with Crippen LogP contribution in [0, 0.1) is 6.92 Å². The van der Waals surface area contributed by atoms with Gasteiger partial charge in [-0.1, -0.05) is 18.2 Å². The van der Waals surface area contributed by atoms with Crippen LogP contribution in [0.25, 0.3) is 0 Å². The molecule has 1 N–H and O–H groups in total. The van der Waals surface area contributed by atoms with Crippen LogP contribution in [0.5, 0.6) is 0 Å². The van der Waals surface area contributed by atoms with Gasteiger partial charge >= 0.3 is 0 Å². The Balaban J connectivity index is 2.02. The predicted octanol–water partition coefficient (Wildman–Crippen LogP) is 3.90. The van der Waals surface area contributed by atoms with Crippen LogP contribution in [-0.2, 0) is 13.0 Å². The molecule has 1 aromatic heterocycles. The van der Waals surface area contributed by atoms with Gasteiger partial charge in [-0.15, -0.1) is 11.8 Å². The summed E-state index contributed by atoms with van der Waals surface area (Å²) in [6.45, 7) is 5.09. The summed E-state index contributed by atoms with van der Waals surface area (Å²) in [4.78, 5) is 1.32. The van der Waals surface area contributed by atoms with E-state index in [9.17, 15) is 0 Å². The molecule has 0 radical (unpaired) electrons. The molecule has 1 heterocycles. The van der Waals surface area contributed by atoms with Crippen LogP contribution in [0.1, 0.15) is 18.3 Å². The zero-order valence-corrected chi connectivity index (χ0v) is 15.2. The molecule has 0 spiro atoms. The molecule has 0 aliphatic rings. The van der Waals surface area contributed by atoms with Crippen molar-refractivity contribution in [1.29, 1.82) is 0 Å². The molecule has 0 amide bonds. The predicted molar refractivity (Wildman–Crippen MR) is 94.1 cm³/mol. The molecule has 0 bridgehead atoms. The van der Waals surface area contributed by atoms with Gasteiger partial charge in [0.15, 0.2) is 0 Å². The van der Waals surface area contributed by atoms with E-state index < -0.39 is 0 Å². The number of hydrogen-bond donors (Lipinski definition) is 1. The molecule has 1 atom stereocenters. The Morgan fingerprint density at radius 1 is 1.33 bits per heavy atom. The normalized spacial score (nSPS) is 12.6. The van der Waals surface area contributed by atoms with Crippen molar-refractivity contribution in [3.05, 3.63) is 46.2 Å². The van der Waals surface area contributed by atoms with Crippen LogP contribution < -0.4 is 5.32 Å². The number of likely N-dealkylation sites (N-methyl/N-ethyl adjacent to an activating group) is 1. The van der Waals surface area contributed by atoms with Crippen molar-refractivity contribution in [1.82, 2.24) is 15.1 Å². The number of halogens is 1. The third-order valence-electron chi connectivity index (χ3n) is 3.50. The topological polar surface area (TPSA) is 29.9 Å². The van der Waals surface area contributed by atoms with Gasteiger partial charge in [0, 0.05) is 29.7 Å². The molecule has 3 nitrogen and oxygen atoms in total. The summed E-state index contributed by atoms with van der Waals surface area (Å²) in [5.74, 6) is 1.04. The number of nitrogens with zero attached hydrogens (tertiary/aromatic N) is 2. The van der Waals surface area contributed by atoms with Gasteiger partial charge in [-0.05, 0) is 49.0 Å². The van der Waals surface area contributed by atoms with E-state index in [1.165, 1.54) is 10.6 Å². The zero-order valence-electron chi connectivity index (χ0n) is 12.8. The second-order valence-electron chi connectivity index (χ2n) is 4.98. The standard InChI is InChI=1S/C16H22BrN3S/c1-4-20-15(16(17)12(2)19-20)10-13(18-3)11-21-14-8-6-5-7-9-14/h5-9,13,18H,4,10-11H2,1-3H3. The molecule has 1 unspecified atom stereocenters. The van der Waals surface area contributed by atoms with Crippen LogP contribution in [0.4, 0.5) is 0 Å². The molecule has 0 saturated carbocycles. The maximum absolute atomic E-state index is 4.57. The number of nitrogens with one attached hydrogen (secondary N) is 1. The second-order valence-corrected chi connectivity index (χ2v) is 6.86.